The Morgan fingerprint density at radius 1 is 1.20 bits per heavy atom. The molecule has 0 aliphatic carbocycles. The molecule has 2 aromatic rings. The second-order valence-corrected chi connectivity index (χ2v) is 6.39. The van der Waals surface area contributed by atoms with Gasteiger partial charge in [-0.3, -0.25) is 4.79 Å². The van der Waals surface area contributed by atoms with Gasteiger partial charge in [-0.2, -0.15) is 0 Å². The SMILES string of the molecule is CCCCC[C@@H](C)CNC(=O)/C=C/c1ccc(-c2ccc(F)cc2)o1. The summed E-state index contributed by atoms with van der Waals surface area (Å²) in [5.41, 5.74) is 0.798. The van der Waals surface area contributed by atoms with E-state index in [4.69, 9.17) is 4.42 Å². The Bertz CT molecular complexity index is 688. The van der Waals surface area contributed by atoms with Crippen LogP contribution in [0.25, 0.3) is 17.4 Å². The standard InChI is InChI=1S/C21H26FNO2/c1-3-4-5-6-16(2)15-23-21(24)14-12-19-11-13-20(25-19)17-7-9-18(22)10-8-17/h7-14,16H,3-6,15H2,1-2H3,(H,23,24)/b14-12+/t16-/m1/s1. The molecule has 0 unspecified atom stereocenters. The predicted octanol–water partition coefficient (Wildman–Crippen LogP) is 5.43. The van der Waals surface area contributed by atoms with Gasteiger partial charge in [0.05, 0.1) is 0 Å². The zero-order valence-corrected chi connectivity index (χ0v) is 14.9. The monoisotopic (exact) mass is 343 g/mol. The molecule has 1 aromatic heterocycles. The van der Waals surface area contributed by atoms with Crippen molar-refractivity contribution in [1.82, 2.24) is 5.32 Å². The Labute approximate surface area is 148 Å². The molecule has 1 amide bonds. The number of hydrogen-bond acceptors (Lipinski definition) is 2. The molecule has 0 spiro atoms. The summed E-state index contributed by atoms with van der Waals surface area (Å²) in [7, 11) is 0. The lowest BCUT2D eigenvalue weighted by Gasteiger charge is -2.10. The highest BCUT2D eigenvalue weighted by molar-refractivity contribution is 5.91. The molecule has 0 fully saturated rings. The molecular weight excluding hydrogens is 317 g/mol. The van der Waals surface area contributed by atoms with Gasteiger partial charge < -0.3 is 9.73 Å². The van der Waals surface area contributed by atoms with Gasteiger partial charge in [-0.25, -0.2) is 4.39 Å². The molecule has 1 heterocycles. The van der Waals surface area contributed by atoms with Crippen molar-refractivity contribution in [3.63, 3.8) is 0 Å². The van der Waals surface area contributed by atoms with Crippen LogP contribution in [0.3, 0.4) is 0 Å². The molecular formula is C21H26FNO2. The first-order valence-electron chi connectivity index (χ1n) is 8.90. The van der Waals surface area contributed by atoms with Gasteiger partial charge in [-0.1, -0.05) is 33.1 Å². The second kappa shape index (κ2) is 9.82. The second-order valence-electron chi connectivity index (χ2n) is 6.39. The average Bonchev–Trinajstić information content (AvgIpc) is 3.08. The maximum Gasteiger partial charge on any atom is 0.244 e. The number of nitrogens with one attached hydrogen (secondary N) is 1. The molecule has 1 atom stereocenters. The fourth-order valence-electron chi connectivity index (χ4n) is 2.55. The molecule has 1 aromatic carbocycles. The van der Waals surface area contributed by atoms with Crippen molar-refractivity contribution in [1.29, 1.82) is 0 Å². The van der Waals surface area contributed by atoms with Crippen LogP contribution in [0.5, 0.6) is 0 Å². The van der Waals surface area contributed by atoms with Crippen LogP contribution in [0.4, 0.5) is 4.39 Å². The van der Waals surface area contributed by atoms with Crippen LogP contribution in [0, 0.1) is 11.7 Å². The lowest BCUT2D eigenvalue weighted by Crippen LogP contribution is -2.26. The number of unbranched alkanes of at least 4 members (excludes halogenated alkanes) is 2. The minimum absolute atomic E-state index is 0.123. The number of benzene rings is 1. The van der Waals surface area contributed by atoms with E-state index in [9.17, 15) is 9.18 Å². The van der Waals surface area contributed by atoms with E-state index in [0.717, 1.165) is 12.0 Å². The molecule has 134 valence electrons. The van der Waals surface area contributed by atoms with Gasteiger partial charge >= 0.3 is 0 Å². The number of hydrogen-bond donors (Lipinski definition) is 1. The topological polar surface area (TPSA) is 42.2 Å². The third kappa shape index (κ3) is 6.57. The van der Waals surface area contributed by atoms with Gasteiger partial charge in [0.2, 0.25) is 5.91 Å². The Kier molecular flexibility index (Phi) is 7.45. The number of amides is 1. The van der Waals surface area contributed by atoms with Crippen LogP contribution in [0.1, 0.15) is 45.3 Å². The smallest absolute Gasteiger partial charge is 0.244 e. The number of rotatable bonds is 9. The minimum atomic E-state index is -0.281. The third-order valence-electron chi connectivity index (χ3n) is 4.08. The lowest BCUT2D eigenvalue weighted by molar-refractivity contribution is -0.116. The lowest BCUT2D eigenvalue weighted by atomic mass is 10.0. The van der Waals surface area contributed by atoms with Gasteiger partial charge in [-0.15, -0.1) is 0 Å². The summed E-state index contributed by atoms with van der Waals surface area (Å²) in [6.07, 6.45) is 7.92. The molecule has 0 aliphatic rings. The van der Waals surface area contributed by atoms with Crippen LogP contribution in [0.15, 0.2) is 46.9 Å². The van der Waals surface area contributed by atoms with E-state index in [2.05, 4.69) is 19.2 Å². The van der Waals surface area contributed by atoms with Crippen LogP contribution >= 0.6 is 0 Å². The van der Waals surface area contributed by atoms with E-state index in [1.165, 1.54) is 37.5 Å². The van der Waals surface area contributed by atoms with E-state index in [1.807, 2.05) is 0 Å². The molecule has 0 aliphatic heterocycles. The third-order valence-corrected chi connectivity index (χ3v) is 4.08. The van der Waals surface area contributed by atoms with Crippen molar-refractivity contribution >= 4 is 12.0 Å². The highest BCUT2D eigenvalue weighted by Gasteiger charge is 2.05. The largest absolute Gasteiger partial charge is 0.457 e. The Hall–Kier alpha value is -2.36. The molecule has 0 bridgehead atoms. The van der Waals surface area contributed by atoms with Crippen molar-refractivity contribution in [2.75, 3.05) is 6.54 Å². The first kappa shape index (κ1) is 19.0. The number of carbonyl (C=O) groups is 1. The molecule has 0 radical (unpaired) electrons. The highest BCUT2D eigenvalue weighted by Crippen LogP contribution is 2.23. The zero-order chi connectivity index (χ0) is 18.1. The summed E-state index contributed by atoms with van der Waals surface area (Å²) in [6.45, 7) is 5.03. The minimum Gasteiger partial charge on any atom is -0.457 e. The maximum atomic E-state index is 12.9. The first-order valence-corrected chi connectivity index (χ1v) is 8.90. The zero-order valence-electron chi connectivity index (χ0n) is 14.9. The van der Waals surface area contributed by atoms with E-state index in [1.54, 1.807) is 30.3 Å². The number of carbonyl (C=O) groups excluding carboxylic acids is 1. The molecule has 0 saturated carbocycles. The summed E-state index contributed by atoms with van der Waals surface area (Å²) in [5.74, 6) is 1.31. The van der Waals surface area contributed by atoms with Crippen LogP contribution in [-0.2, 0) is 4.79 Å². The Morgan fingerprint density at radius 2 is 1.96 bits per heavy atom. The Morgan fingerprint density at radius 3 is 2.68 bits per heavy atom. The van der Waals surface area contributed by atoms with Crippen molar-refractivity contribution in [3.8, 4) is 11.3 Å². The summed E-state index contributed by atoms with van der Waals surface area (Å²) >= 11 is 0. The molecule has 0 saturated heterocycles. The van der Waals surface area contributed by atoms with Gasteiger partial charge in [0, 0.05) is 18.2 Å². The number of furan rings is 1. The summed E-state index contributed by atoms with van der Waals surface area (Å²) in [4.78, 5) is 11.9. The molecule has 4 heteroatoms. The van der Waals surface area contributed by atoms with E-state index < -0.39 is 0 Å². The molecule has 25 heavy (non-hydrogen) atoms. The summed E-state index contributed by atoms with van der Waals surface area (Å²) in [6, 6.07) is 9.70. The van der Waals surface area contributed by atoms with E-state index >= 15 is 0 Å². The van der Waals surface area contributed by atoms with E-state index in [-0.39, 0.29) is 11.7 Å². The van der Waals surface area contributed by atoms with Gasteiger partial charge in [0.25, 0.3) is 0 Å². The van der Waals surface area contributed by atoms with Gasteiger partial charge in [0.1, 0.15) is 17.3 Å². The van der Waals surface area contributed by atoms with Crippen molar-refractivity contribution in [3.05, 3.63) is 54.1 Å². The number of halogens is 1. The van der Waals surface area contributed by atoms with Crippen LogP contribution in [0.2, 0.25) is 0 Å². The molecule has 1 N–H and O–H groups in total. The van der Waals surface area contributed by atoms with E-state index in [0.29, 0.717) is 24.0 Å². The van der Waals surface area contributed by atoms with Crippen LogP contribution < -0.4 is 5.32 Å². The van der Waals surface area contributed by atoms with Crippen molar-refractivity contribution in [2.45, 2.75) is 39.5 Å². The molecule has 3 nitrogen and oxygen atoms in total. The Balaban J connectivity index is 1.81. The highest BCUT2D eigenvalue weighted by atomic mass is 19.1. The first-order chi connectivity index (χ1) is 12.1. The fraction of sp³-hybridized carbons (Fsp3) is 0.381. The summed E-state index contributed by atoms with van der Waals surface area (Å²) in [5, 5.41) is 2.92. The molecule has 2 rings (SSSR count). The maximum absolute atomic E-state index is 12.9. The quantitative estimate of drug-likeness (QED) is 0.487. The summed E-state index contributed by atoms with van der Waals surface area (Å²) < 4.78 is 18.6. The van der Waals surface area contributed by atoms with Gasteiger partial charge in [0.15, 0.2) is 0 Å². The normalized spacial score (nSPS) is 12.4. The average molecular weight is 343 g/mol. The van der Waals surface area contributed by atoms with Crippen LogP contribution in [-0.4, -0.2) is 12.5 Å². The van der Waals surface area contributed by atoms with Crippen molar-refractivity contribution < 1.29 is 13.6 Å². The predicted molar refractivity (Wildman–Crippen MR) is 99.5 cm³/mol. The van der Waals surface area contributed by atoms with Gasteiger partial charge in [-0.05, 0) is 54.8 Å². The van der Waals surface area contributed by atoms with Crippen molar-refractivity contribution in [2.24, 2.45) is 5.92 Å². The fourth-order valence-corrected chi connectivity index (χ4v) is 2.55.